The number of ether oxygens (including phenoxy) is 1. The number of carbonyl (C=O) groups excluding carboxylic acids is 1. The maximum absolute atomic E-state index is 12.8. The van der Waals surface area contributed by atoms with E-state index in [0.717, 1.165) is 28.5 Å². The molecule has 1 aromatic carbocycles. The summed E-state index contributed by atoms with van der Waals surface area (Å²) in [6.45, 7) is 6.48. The topological polar surface area (TPSA) is 71.5 Å². The Morgan fingerprint density at radius 3 is 2.47 bits per heavy atom. The molecule has 7 heteroatoms. The Labute approximate surface area is 176 Å². The van der Waals surface area contributed by atoms with Crippen LogP contribution in [0.15, 0.2) is 60.8 Å². The Hall–Kier alpha value is -3.48. The molecule has 7 nitrogen and oxygen atoms in total. The van der Waals surface area contributed by atoms with Gasteiger partial charge in [-0.25, -0.2) is 0 Å². The van der Waals surface area contributed by atoms with Gasteiger partial charge in [-0.05, 0) is 55.8 Å². The molecule has 0 saturated carbocycles. The number of amides is 1. The summed E-state index contributed by atoms with van der Waals surface area (Å²) in [6.07, 6.45) is 1.22. The predicted octanol–water partition coefficient (Wildman–Crippen LogP) is 2.96. The van der Waals surface area contributed by atoms with Gasteiger partial charge < -0.3 is 14.5 Å². The van der Waals surface area contributed by atoms with Crippen molar-refractivity contribution in [2.45, 2.75) is 20.0 Å². The van der Waals surface area contributed by atoms with Crippen molar-refractivity contribution in [1.29, 1.82) is 0 Å². The number of hydrogen-bond donors (Lipinski definition) is 0. The zero-order chi connectivity index (χ0) is 20.9. The first-order valence-corrected chi connectivity index (χ1v) is 10.1. The van der Waals surface area contributed by atoms with Crippen molar-refractivity contribution in [2.24, 2.45) is 0 Å². The maximum atomic E-state index is 12.8. The number of anilines is 1. The molecule has 0 spiro atoms. The van der Waals surface area contributed by atoms with Gasteiger partial charge >= 0.3 is 0 Å². The number of aryl methyl sites for hydroxylation is 1. The second-order valence-corrected chi connectivity index (χ2v) is 7.38. The Morgan fingerprint density at radius 2 is 1.80 bits per heavy atom. The minimum atomic E-state index is -0.518. The standard InChI is InChI=1S/C23H25N5O2/c1-17-6-5-7-19(16-17)30-18(2)23(29)28-14-12-27(13-15-28)22-10-9-21(25-26-22)20-8-3-4-11-24-20/h3-11,16,18H,12-15H2,1-2H3. The summed E-state index contributed by atoms with van der Waals surface area (Å²) in [5.41, 5.74) is 2.65. The van der Waals surface area contributed by atoms with Crippen LogP contribution in [0, 0.1) is 6.92 Å². The lowest BCUT2D eigenvalue weighted by Gasteiger charge is -2.36. The normalized spacial score (nSPS) is 15.0. The number of hydrogen-bond acceptors (Lipinski definition) is 6. The minimum absolute atomic E-state index is 0.00717. The van der Waals surface area contributed by atoms with Crippen LogP contribution in [0.2, 0.25) is 0 Å². The Kier molecular flexibility index (Phi) is 5.88. The fraction of sp³-hybridized carbons (Fsp3) is 0.304. The van der Waals surface area contributed by atoms with Crippen molar-refractivity contribution in [3.63, 3.8) is 0 Å². The van der Waals surface area contributed by atoms with E-state index in [1.165, 1.54) is 0 Å². The molecular formula is C23H25N5O2. The smallest absolute Gasteiger partial charge is 0.263 e. The summed E-state index contributed by atoms with van der Waals surface area (Å²) in [6, 6.07) is 17.4. The first-order valence-electron chi connectivity index (χ1n) is 10.1. The zero-order valence-corrected chi connectivity index (χ0v) is 17.2. The summed E-state index contributed by atoms with van der Waals surface area (Å²) >= 11 is 0. The van der Waals surface area contributed by atoms with Crippen molar-refractivity contribution >= 4 is 11.7 Å². The van der Waals surface area contributed by atoms with Crippen LogP contribution in [-0.2, 0) is 4.79 Å². The van der Waals surface area contributed by atoms with E-state index in [0.29, 0.717) is 26.2 Å². The molecule has 0 radical (unpaired) electrons. The van der Waals surface area contributed by atoms with Crippen LogP contribution >= 0.6 is 0 Å². The van der Waals surface area contributed by atoms with Gasteiger partial charge in [0.2, 0.25) is 0 Å². The molecule has 2 aromatic heterocycles. The van der Waals surface area contributed by atoms with E-state index in [9.17, 15) is 4.79 Å². The van der Waals surface area contributed by atoms with Crippen LogP contribution in [-0.4, -0.2) is 58.3 Å². The molecule has 30 heavy (non-hydrogen) atoms. The SMILES string of the molecule is Cc1cccc(OC(C)C(=O)N2CCN(c3ccc(-c4ccccn4)nn3)CC2)c1. The molecule has 1 aliphatic heterocycles. The van der Waals surface area contributed by atoms with Gasteiger partial charge in [0.15, 0.2) is 11.9 Å². The molecule has 4 rings (SSSR count). The van der Waals surface area contributed by atoms with E-state index < -0.39 is 6.10 Å². The molecule has 154 valence electrons. The predicted molar refractivity (Wildman–Crippen MR) is 115 cm³/mol. The van der Waals surface area contributed by atoms with Crippen LogP contribution in [0.4, 0.5) is 5.82 Å². The zero-order valence-electron chi connectivity index (χ0n) is 17.2. The molecule has 1 saturated heterocycles. The number of aromatic nitrogens is 3. The first-order chi connectivity index (χ1) is 14.6. The average molecular weight is 403 g/mol. The highest BCUT2D eigenvalue weighted by molar-refractivity contribution is 5.81. The van der Waals surface area contributed by atoms with Gasteiger partial charge in [0.05, 0.1) is 5.69 Å². The molecule has 1 amide bonds. The third-order valence-corrected chi connectivity index (χ3v) is 5.14. The molecular weight excluding hydrogens is 378 g/mol. The van der Waals surface area contributed by atoms with Crippen LogP contribution in [0.25, 0.3) is 11.4 Å². The van der Waals surface area contributed by atoms with Crippen molar-refractivity contribution in [2.75, 3.05) is 31.1 Å². The third kappa shape index (κ3) is 4.56. The second-order valence-electron chi connectivity index (χ2n) is 7.38. The maximum Gasteiger partial charge on any atom is 0.263 e. The number of pyridine rings is 1. The van der Waals surface area contributed by atoms with Crippen molar-refractivity contribution < 1.29 is 9.53 Å². The Morgan fingerprint density at radius 1 is 0.967 bits per heavy atom. The average Bonchev–Trinajstić information content (AvgIpc) is 2.79. The third-order valence-electron chi connectivity index (χ3n) is 5.14. The number of nitrogens with zero attached hydrogens (tertiary/aromatic N) is 5. The van der Waals surface area contributed by atoms with Gasteiger partial charge in [-0.15, -0.1) is 10.2 Å². The summed E-state index contributed by atoms with van der Waals surface area (Å²) in [5, 5.41) is 8.66. The summed E-state index contributed by atoms with van der Waals surface area (Å²) < 4.78 is 5.84. The van der Waals surface area contributed by atoms with Crippen molar-refractivity contribution in [3.8, 4) is 17.1 Å². The lowest BCUT2D eigenvalue weighted by atomic mass is 10.2. The van der Waals surface area contributed by atoms with E-state index in [1.807, 2.05) is 66.4 Å². The van der Waals surface area contributed by atoms with Crippen LogP contribution in [0.3, 0.4) is 0 Å². The molecule has 1 unspecified atom stereocenters. The molecule has 0 N–H and O–H groups in total. The van der Waals surface area contributed by atoms with Crippen LogP contribution < -0.4 is 9.64 Å². The second kappa shape index (κ2) is 8.90. The number of rotatable bonds is 5. The van der Waals surface area contributed by atoms with Gasteiger partial charge in [-0.2, -0.15) is 0 Å². The van der Waals surface area contributed by atoms with E-state index in [2.05, 4.69) is 20.1 Å². The molecule has 1 atom stereocenters. The van der Waals surface area contributed by atoms with Gasteiger partial charge in [0, 0.05) is 32.4 Å². The fourth-order valence-electron chi connectivity index (χ4n) is 3.50. The molecule has 3 heterocycles. The summed E-state index contributed by atoms with van der Waals surface area (Å²) in [4.78, 5) is 21.1. The minimum Gasteiger partial charge on any atom is -0.481 e. The molecule has 1 fully saturated rings. The lowest BCUT2D eigenvalue weighted by molar-refractivity contribution is -0.138. The number of piperazine rings is 1. The fourth-order valence-corrected chi connectivity index (χ4v) is 3.50. The Bertz CT molecular complexity index is 986. The molecule has 1 aliphatic rings. The quantitative estimate of drug-likeness (QED) is 0.652. The van der Waals surface area contributed by atoms with E-state index in [1.54, 1.807) is 13.1 Å². The number of benzene rings is 1. The van der Waals surface area contributed by atoms with Gasteiger partial charge in [-0.3, -0.25) is 9.78 Å². The first kappa shape index (κ1) is 19.8. The molecule has 0 bridgehead atoms. The van der Waals surface area contributed by atoms with Crippen LogP contribution in [0.1, 0.15) is 12.5 Å². The monoisotopic (exact) mass is 403 g/mol. The van der Waals surface area contributed by atoms with Gasteiger partial charge in [0.1, 0.15) is 11.4 Å². The lowest BCUT2D eigenvalue weighted by Crippen LogP contribution is -2.52. The molecule has 3 aromatic rings. The van der Waals surface area contributed by atoms with E-state index >= 15 is 0 Å². The summed E-state index contributed by atoms with van der Waals surface area (Å²) in [7, 11) is 0. The summed E-state index contributed by atoms with van der Waals surface area (Å²) in [5.74, 6) is 1.54. The highest BCUT2D eigenvalue weighted by atomic mass is 16.5. The largest absolute Gasteiger partial charge is 0.481 e. The Balaban J connectivity index is 1.32. The van der Waals surface area contributed by atoms with Gasteiger partial charge in [-0.1, -0.05) is 18.2 Å². The van der Waals surface area contributed by atoms with Crippen molar-refractivity contribution in [1.82, 2.24) is 20.1 Å². The highest BCUT2D eigenvalue weighted by Gasteiger charge is 2.26. The number of carbonyl (C=O) groups is 1. The van der Waals surface area contributed by atoms with Gasteiger partial charge in [0.25, 0.3) is 5.91 Å². The molecule has 0 aliphatic carbocycles. The van der Waals surface area contributed by atoms with Crippen LogP contribution in [0.5, 0.6) is 5.75 Å². The van der Waals surface area contributed by atoms with E-state index in [-0.39, 0.29) is 5.91 Å². The van der Waals surface area contributed by atoms with Crippen molar-refractivity contribution in [3.05, 3.63) is 66.4 Å². The van der Waals surface area contributed by atoms with E-state index in [4.69, 9.17) is 4.74 Å². The highest BCUT2D eigenvalue weighted by Crippen LogP contribution is 2.19.